The quantitative estimate of drug-likeness (QED) is 0.916. The second-order valence-corrected chi connectivity index (χ2v) is 6.32. The first-order valence-corrected chi connectivity index (χ1v) is 7.27. The number of carbonyl (C=O) groups is 1. The van der Waals surface area contributed by atoms with Gasteiger partial charge in [0.25, 0.3) is 0 Å². The van der Waals surface area contributed by atoms with Crippen molar-refractivity contribution in [1.82, 2.24) is 4.98 Å². The summed E-state index contributed by atoms with van der Waals surface area (Å²) in [6.45, 7) is 6.64. The molecule has 0 aromatic carbocycles. The molecule has 0 bridgehead atoms. The average Bonchev–Trinajstić information content (AvgIpc) is 2.79. The predicted molar refractivity (Wildman–Crippen MR) is 73.4 cm³/mol. The van der Waals surface area contributed by atoms with Gasteiger partial charge in [0.15, 0.2) is 5.13 Å². The summed E-state index contributed by atoms with van der Waals surface area (Å²) in [5.41, 5.74) is -0.249. The van der Waals surface area contributed by atoms with Crippen molar-refractivity contribution in [3.8, 4) is 0 Å². The molecule has 5 heteroatoms. The molecule has 0 saturated carbocycles. The Hall–Kier alpha value is -1.10. The molecular weight excluding hydrogens is 248 g/mol. The number of hydrogen-bond donors (Lipinski definition) is 1. The van der Waals surface area contributed by atoms with Crippen LogP contribution in [0.3, 0.4) is 0 Å². The van der Waals surface area contributed by atoms with Crippen LogP contribution >= 0.6 is 11.3 Å². The van der Waals surface area contributed by atoms with Gasteiger partial charge in [-0.05, 0) is 40.0 Å². The van der Waals surface area contributed by atoms with Crippen LogP contribution in [0.5, 0.6) is 0 Å². The van der Waals surface area contributed by atoms with E-state index in [1.54, 1.807) is 25.2 Å². The molecular formula is C13H20N2O2S. The third-order valence-electron chi connectivity index (χ3n) is 3.72. The van der Waals surface area contributed by atoms with Crippen LogP contribution in [0.2, 0.25) is 0 Å². The average molecular weight is 268 g/mol. The summed E-state index contributed by atoms with van der Waals surface area (Å²) < 4.78 is 0. The lowest BCUT2D eigenvalue weighted by atomic mass is 9.90. The monoisotopic (exact) mass is 268 g/mol. The van der Waals surface area contributed by atoms with E-state index in [4.69, 9.17) is 0 Å². The van der Waals surface area contributed by atoms with Crippen molar-refractivity contribution in [3.05, 3.63) is 11.1 Å². The number of carboxylic acids is 1. The number of carboxylic acid groups (broad SMARTS) is 1. The third kappa shape index (κ3) is 2.36. The van der Waals surface area contributed by atoms with Gasteiger partial charge in [0.05, 0.1) is 5.69 Å². The van der Waals surface area contributed by atoms with Crippen LogP contribution in [-0.2, 0) is 10.2 Å². The second-order valence-electron chi connectivity index (χ2n) is 5.48. The molecule has 4 nitrogen and oxygen atoms in total. The van der Waals surface area contributed by atoms with Gasteiger partial charge < -0.3 is 10.0 Å². The van der Waals surface area contributed by atoms with E-state index in [-0.39, 0.29) is 0 Å². The molecule has 100 valence electrons. The van der Waals surface area contributed by atoms with Gasteiger partial charge in [-0.15, -0.1) is 11.3 Å². The molecule has 18 heavy (non-hydrogen) atoms. The van der Waals surface area contributed by atoms with Crippen molar-refractivity contribution in [3.63, 3.8) is 0 Å². The van der Waals surface area contributed by atoms with Crippen LogP contribution in [0, 0.1) is 0 Å². The number of nitrogens with zero attached hydrogens (tertiary/aromatic N) is 2. The van der Waals surface area contributed by atoms with Crippen LogP contribution in [-0.4, -0.2) is 28.6 Å². The molecule has 1 aromatic heterocycles. The molecule has 1 N–H and O–H groups in total. The lowest BCUT2D eigenvalue weighted by Gasteiger charge is -2.33. The zero-order valence-electron chi connectivity index (χ0n) is 11.1. The van der Waals surface area contributed by atoms with Gasteiger partial charge in [-0.3, -0.25) is 4.79 Å². The fourth-order valence-corrected chi connectivity index (χ4v) is 3.30. The minimum Gasteiger partial charge on any atom is -0.481 e. The number of aliphatic carboxylic acids is 1. The summed E-state index contributed by atoms with van der Waals surface area (Å²) in [6, 6.07) is 0.505. The normalized spacial score (nSPS) is 21.1. The summed E-state index contributed by atoms with van der Waals surface area (Å²) in [7, 11) is 0. The highest BCUT2D eigenvalue weighted by molar-refractivity contribution is 7.13. The lowest BCUT2D eigenvalue weighted by molar-refractivity contribution is -0.142. The SMILES string of the molecule is CC1CCCCN1c1nc(C(C)(C)C(=O)O)cs1. The van der Waals surface area contributed by atoms with Gasteiger partial charge in [0.2, 0.25) is 0 Å². The number of thiazole rings is 1. The van der Waals surface area contributed by atoms with Crippen LogP contribution in [0.25, 0.3) is 0 Å². The Bertz CT molecular complexity index is 442. The Morgan fingerprint density at radius 1 is 1.56 bits per heavy atom. The van der Waals surface area contributed by atoms with E-state index >= 15 is 0 Å². The Morgan fingerprint density at radius 2 is 2.28 bits per heavy atom. The van der Waals surface area contributed by atoms with Crippen molar-refractivity contribution in [2.75, 3.05) is 11.4 Å². The zero-order valence-corrected chi connectivity index (χ0v) is 12.0. The van der Waals surface area contributed by atoms with Gasteiger partial charge in [-0.2, -0.15) is 0 Å². The highest BCUT2D eigenvalue weighted by Crippen LogP contribution is 2.32. The standard InChI is InChI=1S/C13H20N2O2S/c1-9-6-4-5-7-15(9)12-14-10(8-18-12)13(2,3)11(16)17/h8-9H,4-7H2,1-3H3,(H,16,17). The third-order valence-corrected chi connectivity index (χ3v) is 4.59. The van der Waals surface area contributed by atoms with Gasteiger partial charge >= 0.3 is 5.97 Å². The molecule has 1 aliphatic rings. The van der Waals surface area contributed by atoms with E-state index in [2.05, 4.69) is 16.8 Å². The molecule has 1 atom stereocenters. The van der Waals surface area contributed by atoms with Gasteiger partial charge in [-0.1, -0.05) is 0 Å². The van der Waals surface area contributed by atoms with Crippen molar-refractivity contribution >= 4 is 22.4 Å². The van der Waals surface area contributed by atoms with Gasteiger partial charge in [0.1, 0.15) is 5.41 Å². The summed E-state index contributed by atoms with van der Waals surface area (Å²) in [5, 5.41) is 12.1. The Labute approximate surface area is 112 Å². The molecule has 1 aromatic rings. The maximum Gasteiger partial charge on any atom is 0.315 e. The molecule has 1 unspecified atom stereocenters. The molecule has 2 rings (SSSR count). The summed E-state index contributed by atoms with van der Waals surface area (Å²) in [4.78, 5) is 18.1. The molecule has 0 spiro atoms. The first-order chi connectivity index (χ1) is 8.43. The minimum absolute atomic E-state index is 0.505. The molecule has 0 aliphatic carbocycles. The van der Waals surface area contributed by atoms with E-state index in [1.165, 1.54) is 19.3 Å². The number of aromatic nitrogens is 1. The Balaban J connectivity index is 2.22. The van der Waals surface area contributed by atoms with E-state index < -0.39 is 11.4 Å². The minimum atomic E-state index is -0.909. The lowest BCUT2D eigenvalue weighted by Crippen LogP contribution is -2.37. The van der Waals surface area contributed by atoms with E-state index in [0.717, 1.165) is 11.7 Å². The summed E-state index contributed by atoms with van der Waals surface area (Å²) in [5.74, 6) is -0.828. The number of anilines is 1. The summed E-state index contributed by atoms with van der Waals surface area (Å²) >= 11 is 1.56. The number of rotatable bonds is 3. The highest BCUT2D eigenvalue weighted by Gasteiger charge is 2.33. The van der Waals surface area contributed by atoms with Gasteiger partial charge in [-0.25, -0.2) is 4.98 Å². The molecule has 1 fully saturated rings. The largest absolute Gasteiger partial charge is 0.481 e. The molecule has 0 amide bonds. The fourth-order valence-electron chi connectivity index (χ4n) is 2.18. The maximum atomic E-state index is 11.2. The maximum absolute atomic E-state index is 11.2. The zero-order chi connectivity index (χ0) is 13.3. The van der Waals surface area contributed by atoms with Gasteiger partial charge in [0, 0.05) is 18.0 Å². The fraction of sp³-hybridized carbons (Fsp3) is 0.692. The Kier molecular flexibility index (Phi) is 3.61. The van der Waals surface area contributed by atoms with Crippen molar-refractivity contribution < 1.29 is 9.90 Å². The van der Waals surface area contributed by atoms with Crippen LogP contribution in [0.4, 0.5) is 5.13 Å². The summed E-state index contributed by atoms with van der Waals surface area (Å²) in [6.07, 6.45) is 3.66. The first-order valence-electron chi connectivity index (χ1n) is 6.39. The molecule has 0 radical (unpaired) electrons. The predicted octanol–water partition coefficient (Wildman–Crippen LogP) is 2.88. The topological polar surface area (TPSA) is 53.4 Å². The van der Waals surface area contributed by atoms with Crippen molar-refractivity contribution in [2.45, 2.75) is 51.5 Å². The van der Waals surface area contributed by atoms with Crippen LogP contribution in [0.15, 0.2) is 5.38 Å². The second kappa shape index (κ2) is 4.88. The van der Waals surface area contributed by atoms with Crippen molar-refractivity contribution in [1.29, 1.82) is 0 Å². The molecule has 1 aliphatic heterocycles. The van der Waals surface area contributed by atoms with E-state index in [9.17, 15) is 9.90 Å². The van der Waals surface area contributed by atoms with E-state index in [0.29, 0.717) is 11.7 Å². The van der Waals surface area contributed by atoms with Crippen LogP contribution in [0.1, 0.15) is 45.7 Å². The van der Waals surface area contributed by atoms with E-state index in [1.807, 2.05) is 5.38 Å². The van der Waals surface area contributed by atoms with Crippen molar-refractivity contribution in [2.24, 2.45) is 0 Å². The first kappa shape index (κ1) is 13.3. The number of piperidine rings is 1. The molecule has 2 heterocycles. The Morgan fingerprint density at radius 3 is 2.89 bits per heavy atom. The number of hydrogen-bond acceptors (Lipinski definition) is 4. The van der Waals surface area contributed by atoms with Crippen LogP contribution < -0.4 is 4.90 Å². The molecule has 1 saturated heterocycles. The highest BCUT2D eigenvalue weighted by atomic mass is 32.1. The smallest absolute Gasteiger partial charge is 0.315 e.